The average molecular weight is 406 g/mol. The minimum absolute atomic E-state index is 0.447. The van der Waals surface area contributed by atoms with Crippen LogP contribution in [-0.2, 0) is 0 Å². The first-order valence-corrected chi connectivity index (χ1v) is 9.87. The van der Waals surface area contributed by atoms with Crippen molar-refractivity contribution in [3.05, 3.63) is 100 Å². The SMILES string of the molecule is Cc1ccc(/C=C(/CCCOc2ccc(C=O)cc2)c2cc(F)cc(F)c2)cc1C. The van der Waals surface area contributed by atoms with E-state index in [1.807, 2.05) is 32.1 Å². The van der Waals surface area contributed by atoms with Crippen LogP contribution in [0.4, 0.5) is 8.78 Å². The molecule has 0 atom stereocenters. The van der Waals surface area contributed by atoms with Crippen LogP contribution in [0, 0.1) is 25.5 Å². The molecular formula is C26H24F2O2. The Bertz CT molecular complexity index is 1030. The van der Waals surface area contributed by atoms with Crippen LogP contribution >= 0.6 is 0 Å². The van der Waals surface area contributed by atoms with Crippen LogP contribution in [0.2, 0.25) is 0 Å². The van der Waals surface area contributed by atoms with Crippen molar-refractivity contribution in [3.63, 3.8) is 0 Å². The summed E-state index contributed by atoms with van der Waals surface area (Å²) in [4.78, 5) is 10.7. The highest BCUT2D eigenvalue weighted by Gasteiger charge is 2.08. The van der Waals surface area contributed by atoms with Crippen molar-refractivity contribution in [2.24, 2.45) is 0 Å². The minimum Gasteiger partial charge on any atom is -0.494 e. The Morgan fingerprint density at radius 2 is 1.53 bits per heavy atom. The van der Waals surface area contributed by atoms with Gasteiger partial charge in [0.25, 0.3) is 0 Å². The van der Waals surface area contributed by atoms with Crippen LogP contribution in [0.25, 0.3) is 11.6 Å². The molecule has 0 N–H and O–H groups in total. The highest BCUT2D eigenvalue weighted by atomic mass is 19.1. The van der Waals surface area contributed by atoms with Crippen molar-refractivity contribution in [2.75, 3.05) is 6.61 Å². The number of aldehydes is 1. The van der Waals surface area contributed by atoms with E-state index in [1.165, 1.54) is 17.7 Å². The Kier molecular flexibility index (Phi) is 7.12. The van der Waals surface area contributed by atoms with E-state index in [0.717, 1.165) is 29.1 Å². The van der Waals surface area contributed by atoms with E-state index >= 15 is 0 Å². The molecule has 3 rings (SSSR count). The van der Waals surface area contributed by atoms with Gasteiger partial charge in [-0.05, 0) is 90.9 Å². The van der Waals surface area contributed by atoms with E-state index in [2.05, 4.69) is 6.07 Å². The molecule has 0 saturated heterocycles. The molecule has 30 heavy (non-hydrogen) atoms. The first-order chi connectivity index (χ1) is 14.4. The van der Waals surface area contributed by atoms with Gasteiger partial charge in [0.05, 0.1) is 6.61 Å². The van der Waals surface area contributed by atoms with Crippen LogP contribution in [0.3, 0.4) is 0 Å². The number of rotatable bonds is 8. The number of benzene rings is 3. The average Bonchev–Trinajstić information content (AvgIpc) is 2.72. The van der Waals surface area contributed by atoms with Crippen molar-refractivity contribution >= 4 is 17.9 Å². The lowest BCUT2D eigenvalue weighted by atomic mass is 9.97. The Hall–Kier alpha value is -3.27. The monoisotopic (exact) mass is 406 g/mol. The molecule has 0 aromatic heterocycles. The van der Waals surface area contributed by atoms with Crippen molar-refractivity contribution in [1.29, 1.82) is 0 Å². The predicted octanol–water partition coefficient (Wildman–Crippen LogP) is 6.79. The summed E-state index contributed by atoms with van der Waals surface area (Å²) in [6.07, 6.45) is 4.03. The van der Waals surface area contributed by atoms with Gasteiger partial charge in [0.15, 0.2) is 0 Å². The summed E-state index contributed by atoms with van der Waals surface area (Å²) < 4.78 is 33.3. The van der Waals surface area contributed by atoms with Gasteiger partial charge in [0.1, 0.15) is 23.7 Å². The maximum Gasteiger partial charge on any atom is 0.150 e. The third-order valence-electron chi connectivity index (χ3n) is 4.98. The molecule has 0 heterocycles. The molecule has 0 radical (unpaired) electrons. The molecule has 2 nitrogen and oxygen atoms in total. The fraction of sp³-hybridized carbons (Fsp3) is 0.192. The van der Waals surface area contributed by atoms with Gasteiger partial charge in [0.2, 0.25) is 0 Å². The lowest BCUT2D eigenvalue weighted by Gasteiger charge is -2.11. The summed E-state index contributed by atoms with van der Waals surface area (Å²) in [6, 6.07) is 16.6. The van der Waals surface area contributed by atoms with Gasteiger partial charge in [-0.2, -0.15) is 0 Å². The quantitative estimate of drug-likeness (QED) is 0.234. The van der Waals surface area contributed by atoms with E-state index in [1.54, 1.807) is 24.3 Å². The summed E-state index contributed by atoms with van der Waals surface area (Å²) in [5.41, 5.74) is 5.31. The third kappa shape index (κ3) is 5.86. The second kappa shape index (κ2) is 9.97. The second-order valence-electron chi connectivity index (χ2n) is 7.31. The molecule has 0 saturated carbocycles. The zero-order valence-electron chi connectivity index (χ0n) is 17.1. The van der Waals surface area contributed by atoms with Gasteiger partial charge in [-0.25, -0.2) is 8.78 Å². The maximum atomic E-state index is 13.8. The fourth-order valence-corrected chi connectivity index (χ4v) is 3.19. The number of hydrogen-bond donors (Lipinski definition) is 0. The fourth-order valence-electron chi connectivity index (χ4n) is 3.19. The number of ether oxygens (including phenoxy) is 1. The molecule has 3 aromatic rings. The van der Waals surface area contributed by atoms with Crippen LogP contribution in [0.15, 0.2) is 60.7 Å². The van der Waals surface area contributed by atoms with Gasteiger partial charge in [-0.1, -0.05) is 24.3 Å². The first-order valence-electron chi connectivity index (χ1n) is 9.87. The van der Waals surface area contributed by atoms with Crippen LogP contribution < -0.4 is 4.74 Å². The summed E-state index contributed by atoms with van der Waals surface area (Å²) in [5, 5.41) is 0. The molecule has 0 amide bonds. The Balaban J connectivity index is 1.75. The molecule has 4 heteroatoms. The van der Waals surface area contributed by atoms with Gasteiger partial charge in [-0.15, -0.1) is 0 Å². The Labute approximate surface area is 175 Å². The van der Waals surface area contributed by atoms with E-state index in [4.69, 9.17) is 4.74 Å². The maximum absolute atomic E-state index is 13.8. The molecule has 0 unspecified atom stereocenters. The van der Waals surface area contributed by atoms with E-state index in [9.17, 15) is 13.6 Å². The van der Waals surface area contributed by atoms with Crippen molar-refractivity contribution in [3.8, 4) is 5.75 Å². The number of aryl methyl sites for hydroxylation is 2. The molecule has 0 aliphatic carbocycles. The van der Waals surface area contributed by atoms with Crippen molar-refractivity contribution in [1.82, 2.24) is 0 Å². The molecule has 0 bridgehead atoms. The summed E-state index contributed by atoms with van der Waals surface area (Å²) >= 11 is 0. The molecule has 154 valence electrons. The number of halogens is 2. The van der Waals surface area contributed by atoms with Crippen molar-refractivity contribution < 1.29 is 18.3 Å². The summed E-state index contributed by atoms with van der Waals surface area (Å²) in [6.45, 7) is 4.53. The first kappa shape index (κ1) is 21.4. The highest BCUT2D eigenvalue weighted by Crippen LogP contribution is 2.26. The normalized spacial score (nSPS) is 11.4. The van der Waals surface area contributed by atoms with Crippen LogP contribution in [0.1, 0.15) is 45.5 Å². The Morgan fingerprint density at radius 1 is 0.867 bits per heavy atom. The molecule has 0 aliphatic heterocycles. The molecule has 3 aromatic carbocycles. The smallest absolute Gasteiger partial charge is 0.150 e. The number of allylic oxidation sites excluding steroid dienone is 1. The van der Waals surface area contributed by atoms with Crippen LogP contribution in [0.5, 0.6) is 5.75 Å². The van der Waals surface area contributed by atoms with Gasteiger partial charge >= 0.3 is 0 Å². The zero-order chi connectivity index (χ0) is 21.5. The van der Waals surface area contributed by atoms with E-state index in [-0.39, 0.29) is 0 Å². The Morgan fingerprint density at radius 3 is 2.17 bits per heavy atom. The van der Waals surface area contributed by atoms with Gasteiger partial charge < -0.3 is 4.74 Å². The largest absolute Gasteiger partial charge is 0.494 e. The molecular weight excluding hydrogens is 382 g/mol. The molecule has 0 spiro atoms. The van der Waals surface area contributed by atoms with Gasteiger partial charge in [0, 0.05) is 11.6 Å². The second-order valence-corrected chi connectivity index (χ2v) is 7.31. The van der Waals surface area contributed by atoms with E-state index < -0.39 is 11.6 Å². The minimum atomic E-state index is -0.595. The van der Waals surface area contributed by atoms with E-state index in [0.29, 0.717) is 36.3 Å². The predicted molar refractivity (Wildman–Crippen MR) is 117 cm³/mol. The van der Waals surface area contributed by atoms with Crippen LogP contribution in [-0.4, -0.2) is 12.9 Å². The molecule has 0 fully saturated rings. The molecule has 0 aliphatic rings. The topological polar surface area (TPSA) is 26.3 Å². The lowest BCUT2D eigenvalue weighted by Crippen LogP contribution is -1.99. The van der Waals surface area contributed by atoms with Crippen molar-refractivity contribution in [2.45, 2.75) is 26.7 Å². The third-order valence-corrected chi connectivity index (χ3v) is 4.98. The summed E-state index contributed by atoms with van der Waals surface area (Å²) in [5.74, 6) is -0.512. The number of carbonyl (C=O) groups excluding carboxylic acids is 1. The number of hydrogen-bond acceptors (Lipinski definition) is 2. The zero-order valence-corrected chi connectivity index (χ0v) is 17.1. The highest BCUT2D eigenvalue weighted by molar-refractivity contribution is 5.81. The van der Waals surface area contributed by atoms with Gasteiger partial charge in [-0.3, -0.25) is 4.79 Å². The summed E-state index contributed by atoms with van der Waals surface area (Å²) in [7, 11) is 0. The standard InChI is InChI=1S/C26H24F2O2/c1-18-5-6-21(12-19(18)2)13-22(23-14-24(27)16-25(28)15-23)4-3-11-30-26-9-7-20(17-29)8-10-26/h5-10,12-17H,3-4,11H2,1-2H3/b22-13-. The lowest BCUT2D eigenvalue weighted by molar-refractivity contribution is 0.112. The number of carbonyl (C=O) groups is 1.